The lowest BCUT2D eigenvalue weighted by Gasteiger charge is -2.26. The van der Waals surface area contributed by atoms with Gasteiger partial charge in [-0.05, 0) is 62.1 Å². The van der Waals surface area contributed by atoms with E-state index in [2.05, 4.69) is 15.4 Å². The first-order valence-corrected chi connectivity index (χ1v) is 11.6. The van der Waals surface area contributed by atoms with Gasteiger partial charge in [-0.2, -0.15) is 5.10 Å². The van der Waals surface area contributed by atoms with Crippen LogP contribution < -0.4 is 5.32 Å². The number of nitrogens with zero attached hydrogens (tertiary/aromatic N) is 4. The molecule has 1 N–H and O–H groups in total. The minimum absolute atomic E-state index is 0.0535. The summed E-state index contributed by atoms with van der Waals surface area (Å²) in [5.41, 5.74) is 3.93. The average Bonchev–Trinajstić information content (AvgIpc) is 3.51. The minimum Gasteiger partial charge on any atom is -0.463 e. The number of pyridine rings is 1. The second-order valence-electron chi connectivity index (χ2n) is 8.68. The van der Waals surface area contributed by atoms with Crippen molar-refractivity contribution in [2.45, 2.75) is 32.7 Å². The molecule has 174 valence electrons. The molecule has 0 unspecified atom stereocenters. The fraction of sp³-hybridized carbons (Fsp3) is 0.308. The van der Waals surface area contributed by atoms with Crippen molar-refractivity contribution in [3.05, 3.63) is 71.1 Å². The largest absolute Gasteiger partial charge is 0.463 e. The van der Waals surface area contributed by atoms with Gasteiger partial charge in [-0.25, -0.2) is 4.98 Å². The highest BCUT2D eigenvalue weighted by Crippen LogP contribution is 2.27. The van der Waals surface area contributed by atoms with E-state index in [1.54, 1.807) is 30.1 Å². The molecule has 8 nitrogen and oxygen atoms in total. The van der Waals surface area contributed by atoms with E-state index >= 15 is 0 Å². The highest BCUT2D eigenvalue weighted by atomic mass is 16.3. The standard InChI is InChI=1S/C26H27N5O3/c1-17-23-20(15-21(22-10-7-13-34-22)28-24(23)30(2)29-17)25(32)27-16-18-8-6-9-19(14-18)26(33)31-11-4-3-5-12-31/h6-10,13-15H,3-5,11-12,16H2,1-2H3,(H,27,32). The number of rotatable bonds is 5. The number of likely N-dealkylation sites (tertiary alicyclic amines) is 1. The van der Waals surface area contributed by atoms with Crippen molar-refractivity contribution in [3.63, 3.8) is 0 Å². The molecule has 1 saturated heterocycles. The Morgan fingerprint density at radius 2 is 1.91 bits per heavy atom. The van der Waals surface area contributed by atoms with E-state index < -0.39 is 0 Å². The molecule has 34 heavy (non-hydrogen) atoms. The maximum atomic E-state index is 13.3. The second-order valence-corrected chi connectivity index (χ2v) is 8.68. The smallest absolute Gasteiger partial charge is 0.253 e. The molecular formula is C26H27N5O3. The summed E-state index contributed by atoms with van der Waals surface area (Å²) >= 11 is 0. The molecule has 4 aromatic rings. The van der Waals surface area contributed by atoms with Crippen LogP contribution in [0, 0.1) is 6.92 Å². The Hall–Kier alpha value is -3.94. The molecule has 1 fully saturated rings. The van der Waals surface area contributed by atoms with E-state index in [1.807, 2.05) is 42.2 Å². The molecule has 0 spiro atoms. The summed E-state index contributed by atoms with van der Waals surface area (Å²) in [6.07, 6.45) is 4.86. The zero-order valence-corrected chi connectivity index (χ0v) is 19.4. The summed E-state index contributed by atoms with van der Waals surface area (Å²) in [4.78, 5) is 32.7. The van der Waals surface area contributed by atoms with E-state index in [9.17, 15) is 9.59 Å². The molecule has 0 radical (unpaired) electrons. The van der Waals surface area contributed by atoms with Crippen LogP contribution in [0.15, 0.2) is 53.1 Å². The van der Waals surface area contributed by atoms with Gasteiger partial charge >= 0.3 is 0 Å². The zero-order valence-electron chi connectivity index (χ0n) is 19.4. The number of benzene rings is 1. The normalized spacial score (nSPS) is 13.9. The van der Waals surface area contributed by atoms with Gasteiger partial charge in [0, 0.05) is 32.2 Å². The molecule has 0 saturated carbocycles. The van der Waals surface area contributed by atoms with Crippen LogP contribution in [0.3, 0.4) is 0 Å². The van der Waals surface area contributed by atoms with Gasteiger partial charge in [0.15, 0.2) is 11.4 Å². The predicted octanol–water partition coefficient (Wildman–Crippen LogP) is 4.09. The van der Waals surface area contributed by atoms with Crippen molar-refractivity contribution in [2.24, 2.45) is 7.05 Å². The summed E-state index contributed by atoms with van der Waals surface area (Å²) in [7, 11) is 1.81. The zero-order chi connectivity index (χ0) is 23.7. The Kier molecular flexibility index (Phi) is 5.88. The number of furan rings is 1. The number of fused-ring (bicyclic) bond motifs is 1. The van der Waals surface area contributed by atoms with E-state index in [4.69, 9.17) is 4.42 Å². The average molecular weight is 458 g/mol. The summed E-state index contributed by atoms with van der Waals surface area (Å²) < 4.78 is 7.18. The van der Waals surface area contributed by atoms with Crippen LogP contribution in [0.25, 0.3) is 22.5 Å². The summed E-state index contributed by atoms with van der Waals surface area (Å²) in [5.74, 6) is 0.403. The molecule has 5 rings (SSSR count). The van der Waals surface area contributed by atoms with Crippen molar-refractivity contribution in [1.29, 1.82) is 0 Å². The van der Waals surface area contributed by atoms with Crippen LogP contribution in [0.4, 0.5) is 0 Å². The van der Waals surface area contributed by atoms with Gasteiger partial charge in [0.1, 0.15) is 5.69 Å². The SMILES string of the molecule is Cc1nn(C)c2nc(-c3ccco3)cc(C(=O)NCc3cccc(C(=O)N4CCCCC4)c3)c12. The van der Waals surface area contributed by atoms with Crippen LogP contribution in [0.1, 0.15) is 51.2 Å². The minimum atomic E-state index is -0.232. The van der Waals surface area contributed by atoms with Gasteiger partial charge < -0.3 is 14.6 Å². The first-order valence-electron chi connectivity index (χ1n) is 11.6. The number of hydrogen-bond donors (Lipinski definition) is 1. The van der Waals surface area contributed by atoms with Crippen molar-refractivity contribution in [3.8, 4) is 11.5 Å². The third-order valence-electron chi connectivity index (χ3n) is 6.26. The summed E-state index contributed by atoms with van der Waals surface area (Å²) in [6, 6.07) is 12.8. The third kappa shape index (κ3) is 4.19. The monoisotopic (exact) mass is 457 g/mol. The second kappa shape index (κ2) is 9.13. The van der Waals surface area contributed by atoms with E-state index in [-0.39, 0.29) is 11.8 Å². The molecule has 1 aliphatic rings. The molecule has 1 aromatic carbocycles. The van der Waals surface area contributed by atoms with Gasteiger partial charge in [-0.3, -0.25) is 14.3 Å². The van der Waals surface area contributed by atoms with Crippen molar-refractivity contribution >= 4 is 22.8 Å². The van der Waals surface area contributed by atoms with E-state index in [1.165, 1.54) is 6.42 Å². The predicted molar refractivity (Wildman–Crippen MR) is 128 cm³/mol. The van der Waals surface area contributed by atoms with Crippen LogP contribution >= 0.6 is 0 Å². The van der Waals surface area contributed by atoms with Crippen LogP contribution in [0.5, 0.6) is 0 Å². The molecule has 0 aliphatic carbocycles. The Labute approximate surface area is 197 Å². The summed E-state index contributed by atoms with van der Waals surface area (Å²) in [5, 5.41) is 8.17. The quantitative estimate of drug-likeness (QED) is 0.487. The van der Waals surface area contributed by atoms with Crippen molar-refractivity contribution in [2.75, 3.05) is 13.1 Å². The maximum absolute atomic E-state index is 13.3. The molecule has 0 bridgehead atoms. The van der Waals surface area contributed by atoms with Crippen LogP contribution in [0.2, 0.25) is 0 Å². The lowest BCUT2D eigenvalue weighted by Crippen LogP contribution is -2.35. The topological polar surface area (TPSA) is 93.3 Å². The Morgan fingerprint density at radius 1 is 1.09 bits per heavy atom. The molecule has 4 heterocycles. The first kappa shape index (κ1) is 21.9. The number of aryl methyl sites for hydroxylation is 2. The fourth-order valence-electron chi connectivity index (χ4n) is 4.55. The van der Waals surface area contributed by atoms with Gasteiger partial charge in [0.2, 0.25) is 0 Å². The third-order valence-corrected chi connectivity index (χ3v) is 6.26. The molecule has 1 aliphatic heterocycles. The van der Waals surface area contributed by atoms with Gasteiger partial charge in [-0.15, -0.1) is 0 Å². The molecule has 2 amide bonds. The molecule has 0 atom stereocenters. The fourth-order valence-corrected chi connectivity index (χ4v) is 4.55. The van der Waals surface area contributed by atoms with Crippen LogP contribution in [-0.4, -0.2) is 44.6 Å². The highest BCUT2D eigenvalue weighted by Gasteiger charge is 2.21. The lowest BCUT2D eigenvalue weighted by atomic mass is 10.1. The number of hydrogen-bond acceptors (Lipinski definition) is 5. The number of piperidine rings is 1. The number of amides is 2. The Bertz CT molecular complexity index is 1350. The molecule has 8 heteroatoms. The number of carbonyl (C=O) groups is 2. The maximum Gasteiger partial charge on any atom is 0.253 e. The Balaban J connectivity index is 1.39. The highest BCUT2D eigenvalue weighted by molar-refractivity contribution is 6.07. The van der Waals surface area contributed by atoms with E-state index in [0.717, 1.165) is 37.2 Å². The van der Waals surface area contributed by atoms with Crippen molar-refractivity contribution in [1.82, 2.24) is 25.0 Å². The molecule has 3 aromatic heterocycles. The van der Waals surface area contributed by atoms with Crippen molar-refractivity contribution < 1.29 is 14.0 Å². The molecular weight excluding hydrogens is 430 g/mol. The van der Waals surface area contributed by atoms with Gasteiger partial charge in [0.05, 0.1) is 22.9 Å². The first-order chi connectivity index (χ1) is 16.5. The number of nitrogens with one attached hydrogen (secondary N) is 1. The number of carbonyl (C=O) groups excluding carboxylic acids is 2. The van der Waals surface area contributed by atoms with Crippen LogP contribution in [-0.2, 0) is 13.6 Å². The van der Waals surface area contributed by atoms with E-state index in [0.29, 0.717) is 40.2 Å². The van der Waals surface area contributed by atoms with Gasteiger partial charge in [0.25, 0.3) is 11.8 Å². The van der Waals surface area contributed by atoms with Gasteiger partial charge in [-0.1, -0.05) is 12.1 Å². The Morgan fingerprint density at radius 3 is 2.68 bits per heavy atom. The number of aromatic nitrogens is 3. The summed E-state index contributed by atoms with van der Waals surface area (Å²) in [6.45, 7) is 3.78. The lowest BCUT2D eigenvalue weighted by molar-refractivity contribution is 0.0724.